The highest BCUT2D eigenvalue weighted by Gasteiger charge is 2.55. The molecule has 2 fully saturated rings. The molecule has 0 aliphatic carbocycles. The molecule has 0 amide bonds. The number of carboxylic acids is 2. The van der Waals surface area contributed by atoms with Crippen molar-refractivity contribution in [1.82, 2.24) is 0 Å². The topological polar surface area (TPSA) is 319 Å². The molecule has 6 rings (SSSR count). The van der Waals surface area contributed by atoms with Crippen molar-refractivity contribution in [3.8, 4) is 40.1 Å². The standard InChI is InChI=1S/C37H34O20/c1-51-22-10-14(2-8-18(22)39)3-9-24(42)54-32-28(45)26(43)31(35(49)50)56-37(32)57-33-29(46)27(44)30(34(47)48)55-36(33)52-17-6-4-15(5-7-17)21-13-20(41)25-19(40)11-16(38)12-23(25)53-21/h2-13,26-33,36-40,43-46H,1H3,(H,47,48)(H,49,50)/b9-3+/t26-,27-,28-,29-,30-,31-,32+,33+,36+,37?/m0/s1. The molecular weight excluding hydrogens is 764 g/mol. The van der Waals surface area contributed by atoms with Gasteiger partial charge in [-0.05, 0) is 48.0 Å². The highest BCUT2D eigenvalue weighted by Crippen LogP contribution is 2.34. The average Bonchev–Trinajstić information content (AvgIpc) is 3.16. The van der Waals surface area contributed by atoms with Crippen LogP contribution in [0.4, 0.5) is 0 Å². The van der Waals surface area contributed by atoms with Crippen LogP contribution in [0.15, 0.2) is 76.0 Å². The lowest BCUT2D eigenvalue weighted by Crippen LogP contribution is -2.66. The summed E-state index contributed by atoms with van der Waals surface area (Å²) in [6.07, 6.45) is -19.0. The number of esters is 1. The number of phenols is 3. The molecule has 0 bridgehead atoms. The van der Waals surface area contributed by atoms with E-state index in [1.54, 1.807) is 0 Å². The summed E-state index contributed by atoms with van der Waals surface area (Å²) in [6, 6.07) is 12.6. The van der Waals surface area contributed by atoms with Gasteiger partial charge in [0.15, 0.2) is 47.6 Å². The van der Waals surface area contributed by atoms with Crippen LogP contribution in [0.5, 0.6) is 28.7 Å². The smallest absolute Gasteiger partial charge is 0.335 e. The minimum absolute atomic E-state index is 0.00469. The van der Waals surface area contributed by atoms with Gasteiger partial charge < -0.3 is 78.8 Å². The number of carboxylic acid groups (broad SMARTS) is 2. The minimum Gasteiger partial charge on any atom is -0.508 e. The largest absolute Gasteiger partial charge is 0.508 e. The number of aliphatic hydroxyl groups is 4. The van der Waals surface area contributed by atoms with Crippen molar-refractivity contribution >= 4 is 35.0 Å². The molecule has 3 aromatic carbocycles. The second-order valence-electron chi connectivity index (χ2n) is 12.7. The molecule has 0 saturated carbocycles. The second-order valence-corrected chi connectivity index (χ2v) is 12.7. The van der Waals surface area contributed by atoms with Crippen LogP contribution < -0.4 is 14.9 Å². The number of aromatic hydroxyl groups is 3. The first-order valence-corrected chi connectivity index (χ1v) is 16.7. The number of ether oxygens (including phenoxy) is 6. The fourth-order valence-corrected chi connectivity index (χ4v) is 6.08. The first kappa shape index (κ1) is 40.4. The molecule has 3 heterocycles. The van der Waals surface area contributed by atoms with E-state index in [4.69, 9.17) is 32.8 Å². The van der Waals surface area contributed by atoms with Crippen LogP contribution in [0.25, 0.3) is 28.4 Å². The van der Waals surface area contributed by atoms with Gasteiger partial charge in [-0.2, -0.15) is 0 Å². The highest BCUT2D eigenvalue weighted by atomic mass is 16.8. The van der Waals surface area contributed by atoms with Gasteiger partial charge in [0.05, 0.1) is 7.11 Å². The maximum Gasteiger partial charge on any atom is 0.335 e. The molecule has 1 aromatic heterocycles. The zero-order valence-electron chi connectivity index (χ0n) is 29.2. The fourth-order valence-electron chi connectivity index (χ4n) is 6.08. The van der Waals surface area contributed by atoms with Gasteiger partial charge >= 0.3 is 17.9 Å². The average molecular weight is 799 g/mol. The van der Waals surface area contributed by atoms with Crippen LogP contribution in [-0.2, 0) is 33.3 Å². The summed E-state index contributed by atoms with van der Waals surface area (Å²) in [5.74, 6) is -5.75. The van der Waals surface area contributed by atoms with Crippen molar-refractivity contribution in [3.63, 3.8) is 0 Å². The number of hydrogen-bond acceptors (Lipinski definition) is 18. The number of aliphatic carboxylic acids is 2. The number of phenolic OH excluding ortho intramolecular Hbond substituents is 3. The Hall–Kier alpha value is -6.26. The lowest BCUT2D eigenvalue weighted by molar-refractivity contribution is -0.350. The molecule has 1 unspecified atom stereocenters. The molecule has 10 atom stereocenters. The van der Waals surface area contributed by atoms with E-state index in [9.17, 15) is 65.1 Å². The summed E-state index contributed by atoms with van der Waals surface area (Å²) in [6.45, 7) is 0. The Bertz CT molecular complexity index is 2230. The summed E-state index contributed by atoms with van der Waals surface area (Å²) in [5, 5.41) is 92.2. The van der Waals surface area contributed by atoms with Crippen LogP contribution in [0.1, 0.15) is 5.56 Å². The van der Waals surface area contributed by atoms with E-state index in [0.29, 0.717) is 5.56 Å². The van der Waals surface area contributed by atoms with Gasteiger partial charge in [0.25, 0.3) is 0 Å². The van der Waals surface area contributed by atoms with Gasteiger partial charge in [0, 0.05) is 29.8 Å². The molecule has 2 aliphatic heterocycles. The number of benzene rings is 3. The molecule has 20 nitrogen and oxygen atoms in total. The molecule has 57 heavy (non-hydrogen) atoms. The number of carbonyl (C=O) groups is 3. The fraction of sp³-hybridized carbons (Fsp3) is 0.297. The number of rotatable bonds is 11. The van der Waals surface area contributed by atoms with Crippen molar-refractivity contribution in [3.05, 3.63) is 82.5 Å². The Morgan fingerprint density at radius 1 is 0.737 bits per heavy atom. The second kappa shape index (κ2) is 16.5. The summed E-state index contributed by atoms with van der Waals surface area (Å²) >= 11 is 0. The van der Waals surface area contributed by atoms with E-state index in [1.165, 1.54) is 55.7 Å². The first-order valence-electron chi connectivity index (χ1n) is 16.7. The van der Waals surface area contributed by atoms with Crippen LogP contribution >= 0.6 is 0 Å². The number of carbonyl (C=O) groups excluding carboxylic acids is 1. The van der Waals surface area contributed by atoms with Gasteiger partial charge in [0.2, 0.25) is 6.29 Å². The van der Waals surface area contributed by atoms with Crippen LogP contribution in [0.2, 0.25) is 0 Å². The molecule has 2 saturated heterocycles. The lowest BCUT2D eigenvalue weighted by atomic mass is 9.96. The van der Waals surface area contributed by atoms with E-state index >= 15 is 0 Å². The maximum absolute atomic E-state index is 12.9. The molecule has 20 heteroatoms. The van der Waals surface area contributed by atoms with Crippen molar-refractivity contribution in [2.45, 2.75) is 61.4 Å². The first-order chi connectivity index (χ1) is 27.1. The summed E-state index contributed by atoms with van der Waals surface area (Å²) < 4.78 is 38.4. The van der Waals surface area contributed by atoms with Crippen molar-refractivity contribution in [2.75, 3.05) is 7.11 Å². The zero-order valence-corrected chi connectivity index (χ0v) is 29.2. The quantitative estimate of drug-likeness (QED) is 0.0714. The Morgan fingerprint density at radius 3 is 2.00 bits per heavy atom. The van der Waals surface area contributed by atoms with Gasteiger partial charge in [0.1, 0.15) is 58.4 Å². The van der Waals surface area contributed by atoms with Crippen LogP contribution in [-0.4, -0.2) is 132 Å². The third-order valence-corrected chi connectivity index (χ3v) is 8.92. The van der Waals surface area contributed by atoms with Crippen LogP contribution in [0.3, 0.4) is 0 Å². The molecule has 0 radical (unpaired) electrons. The number of hydrogen-bond donors (Lipinski definition) is 9. The van der Waals surface area contributed by atoms with Gasteiger partial charge in [-0.15, -0.1) is 0 Å². The predicted octanol–water partition coefficient (Wildman–Crippen LogP) is 0.0372. The van der Waals surface area contributed by atoms with E-state index in [2.05, 4.69) is 0 Å². The van der Waals surface area contributed by atoms with Crippen molar-refractivity contribution in [1.29, 1.82) is 0 Å². The van der Waals surface area contributed by atoms with E-state index in [-0.39, 0.29) is 45.3 Å². The van der Waals surface area contributed by atoms with E-state index < -0.39 is 90.5 Å². The van der Waals surface area contributed by atoms with Gasteiger partial charge in [-0.25, -0.2) is 14.4 Å². The molecule has 4 aromatic rings. The Kier molecular flexibility index (Phi) is 11.7. The lowest BCUT2D eigenvalue weighted by Gasteiger charge is -2.45. The minimum atomic E-state index is -2.19. The molecule has 9 N–H and O–H groups in total. The third kappa shape index (κ3) is 8.46. The molecular formula is C37H34O20. The Labute approximate surface area is 319 Å². The summed E-state index contributed by atoms with van der Waals surface area (Å²) in [7, 11) is 1.30. The van der Waals surface area contributed by atoms with Crippen molar-refractivity contribution < 1.29 is 93.2 Å². The number of methoxy groups -OCH3 is 1. The third-order valence-electron chi connectivity index (χ3n) is 8.92. The highest BCUT2D eigenvalue weighted by molar-refractivity contribution is 5.87. The Morgan fingerprint density at radius 2 is 1.37 bits per heavy atom. The van der Waals surface area contributed by atoms with Gasteiger partial charge in [-0.1, -0.05) is 6.07 Å². The van der Waals surface area contributed by atoms with E-state index in [1.807, 2.05) is 0 Å². The number of fused-ring (bicyclic) bond motifs is 1. The summed E-state index contributed by atoms with van der Waals surface area (Å²) in [4.78, 5) is 49.6. The maximum atomic E-state index is 12.9. The SMILES string of the molecule is COc1cc(/C=C/C(=O)O[C@H]2C(O[C@H]3[C@H](Oc4ccc(-c5cc(=O)c6c(O)cc(O)cc6o5)cc4)O[C@H](C(=O)O)[C@@H](O)[C@@H]3O)O[C@H](C(=O)O)[C@@H](O)[C@@H]2O)ccc1O. The summed E-state index contributed by atoms with van der Waals surface area (Å²) in [5.41, 5.74) is -0.117. The number of aliphatic hydroxyl groups excluding tert-OH is 4. The van der Waals surface area contributed by atoms with Crippen molar-refractivity contribution in [2.24, 2.45) is 0 Å². The monoisotopic (exact) mass is 798 g/mol. The van der Waals surface area contributed by atoms with E-state index in [0.717, 1.165) is 24.3 Å². The molecule has 302 valence electrons. The molecule has 2 aliphatic rings. The van der Waals surface area contributed by atoms with Gasteiger partial charge in [-0.3, -0.25) is 4.79 Å². The van der Waals surface area contributed by atoms with Crippen LogP contribution in [0, 0.1) is 0 Å². The zero-order chi connectivity index (χ0) is 41.3. The predicted molar refractivity (Wildman–Crippen MR) is 187 cm³/mol. The normalized spacial score (nSPS) is 27.5. The Balaban J connectivity index is 1.27. The molecule has 0 spiro atoms.